The third kappa shape index (κ3) is 2.29. The second-order valence-electron chi connectivity index (χ2n) is 4.50. The van der Waals surface area contributed by atoms with Crippen LogP contribution in [0.5, 0.6) is 0 Å². The lowest BCUT2D eigenvalue weighted by atomic mass is 10.3. The number of nitrogens with one attached hydrogen (secondary N) is 1. The average molecular weight is 256 g/mol. The second-order valence-corrected chi connectivity index (χ2v) is 4.50. The Hall–Kier alpha value is -2.37. The summed E-state index contributed by atoms with van der Waals surface area (Å²) in [6, 6.07) is 7.97. The lowest BCUT2D eigenvalue weighted by Gasteiger charge is -2.02. The molecule has 0 aromatic carbocycles. The number of nitrogens with zero attached hydrogens (tertiary/aromatic N) is 5. The molecule has 3 rings (SSSR count). The van der Waals surface area contributed by atoms with Crippen LogP contribution in [0.15, 0.2) is 30.5 Å². The molecular formula is C13H16N6. The van der Waals surface area contributed by atoms with Crippen molar-refractivity contribution in [3.05, 3.63) is 41.9 Å². The minimum absolute atomic E-state index is 0.663. The summed E-state index contributed by atoms with van der Waals surface area (Å²) in [6.07, 6.45) is 2.70. The highest BCUT2D eigenvalue weighted by atomic mass is 15.3. The highest BCUT2D eigenvalue weighted by Crippen LogP contribution is 2.08. The first-order chi connectivity index (χ1) is 9.24. The van der Waals surface area contributed by atoms with Crippen molar-refractivity contribution < 1.29 is 0 Å². The normalized spacial score (nSPS) is 11.1. The van der Waals surface area contributed by atoms with Crippen molar-refractivity contribution in [3.8, 4) is 0 Å². The van der Waals surface area contributed by atoms with Gasteiger partial charge >= 0.3 is 0 Å². The summed E-state index contributed by atoms with van der Waals surface area (Å²) in [5, 5.41) is 11.8. The fourth-order valence-corrected chi connectivity index (χ4v) is 2.06. The fraction of sp³-hybridized carbons (Fsp3) is 0.308. The molecule has 0 saturated carbocycles. The van der Waals surface area contributed by atoms with E-state index in [1.807, 2.05) is 53.6 Å². The van der Waals surface area contributed by atoms with Gasteiger partial charge in [0.05, 0.1) is 0 Å². The maximum Gasteiger partial charge on any atom is 0.243 e. The Morgan fingerprint density at radius 3 is 2.89 bits per heavy atom. The molecule has 0 amide bonds. The lowest BCUT2D eigenvalue weighted by Crippen LogP contribution is -2.09. The molecule has 3 aromatic heterocycles. The summed E-state index contributed by atoms with van der Waals surface area (Å²) in [5.74, 6) is 0.663. The van der Waals surface area contributed by atoms with E-state index in [1.54, 1.807) is 0 Å². The molecule has 0 bridgehead atoms. The molecule has 0 aliphatic carbocycles. The zero-order valence-electron chi connectivity index (χ0n) is 11.0. The molecule has 0 radical (unpaired) electrons. The summed E-state index contributed by atoms with van der Waals surface area (Å²) in [4.78, 5) is 4.43. The van der Waals surface area contributed by atoms with Crippen LogP contribution in [0.3, 0.4) is 0 Å². The van der Waals surface area contributed by atoms with Crippen LogP contribution in [-0.4, -0.2) is 30.9 Å². The molecule has 0 atom stereocenters. The molecule has 0 aliphatic rings. The molecule has 0 aliphatic heterocycles. The molecule has 0 spiro atoms. The number of anilines is 1. The van der Waals surface area contributed by atoms with Crippen molar-refractivity contribution in [2.45, 2.75) is 13.3 Å². The van der Waals surface area contributed by atoms with Crippen molar-refractivity contribution in [2.75, 3.05) is 11.9 Å². The van der Waals surface area contributed by atoms with Gasteiger partial charge in [-0.2, -0.15) is 10.1 Å². The van der Waals surface area contributed by atoms with Gasteiger partial charge in [0.2, 0.25) is 5.95 Å². The first-order valence-corrected chi connectivity index (χ1v) is 6.27. The van der Waals surface area contributed by atoms with E-state index in [4.69, 9.17) is 0 Å². The summed E-state index contributed by atoms with van der Waals surface area (Å²) in [5.41, 5.74) is 3.13. The molecule has 6 heteroatoms. The van der Waals surface area contributed by atoms with Gasteiger partial charge in [-0.05, 0) is 25.1 Å². The first-order valence-electron chi connectivity index (χ1n) is 6.27. The van der Waals surface area contributed by atoms with Crippen molar-refractivity contribution in [2.24, 2.45) is 7.05 Å². The SMILES string of the molecule is Cc1cccc2nc(NCCc3ccnn3C)nn12. The zero-order valence-corrected chi connectivity index (χ0v) is 11.0. The summed E-state index contributed by atoms with van der Waals surface area (Å²) < 4.78 is 3.72. The molecule has 98 valence electrons. The number of pyridine rings is 1. The third-order valence-electron chi connectivity index (χ3n) is 3.14. The number of rotatable bonds is 4. The Kier molecular flexibility index (Phi) is 2.91. The van der Waals surface area contributed by atoms with Crippen LogP contribution >= 0.6 is 0 Å². The summed E-state index contributed by atoms with van der Waals surface area (Å²) >= 11 is 0. The first kappa shape index (κ1) is 11.7. The Bertz CT molecular complexity index is 696. The van der Waals surface area contributed by atoms with E-state index in [0.717, 1.165) is 24.3 Å². The number of aromatic nitrogens is 5. The van der Waals surface area contributed by atoms with Crippen molar-refractivity contribution in [1.82, 2.24) is 24.4 Å². The largest absolute Gasteiger partial charge is 0.353 e. The van der Waals surface area contributed by atoms with Crippen LogP contribution in [0.2, 0.25) is 0 Å². The van der Waals surface area contributed by atoms with E-state index < -0.39 is 0 Å². The smallest absolute Gasteiger partial charge is 0.243 e. The molecule has 19 heavy (non-hydrogen) atoms. The molecule has 1 N–H and O–H groups in total. The zero-order chi connectivity index (χ0) is 13.2. The third-order valence-corrected chi connectivity index (χ3v) is 3.14. The molecule has 0 fully saturated rings. The van der Waals surface area contributed by atoms with E-state index in [0.29, 0.717) is 5.95 Å². The van der Waals surface area contributed by atoms with Crippen LogP contribution in [0.25, 0.3) is 5.65 Å². The molecule has 0 saturated heterocycles. The van der Waals surface area contributed by atoms with Gasteiger partial charge in [0.1, 0.15) is 0 Å². The van der Waals surface area contributed by atoms with Crippen LogP contribution < -0.4 is 5.32 Å². The highest BCUT2D eigenvalue weighted by Gasteiger charge is 2.04. The van der Waals surface area contributed by atoms with Gasteiger partial charge in [0.15, 0.2) is 5.65 Å². The van der Waals surface area contributed by atoms with Crippen molar-refractivity contribution >= 4 is 11.6 Å². The Morgan fingerprint density at radius 1 is 1.26 bits per heavy atom. The van der Waals surface area contributed by atoms with Crippen LogP contribution in [0.1, 0.15) is 11.4 Å². The topological polar surface area (TPSA) is 60.0 Å². The van der Waals surface area contributed by atoms with Crippen molar-refractivity contribution in [3.63, 3.8) is 0 Å². The lowest BCUT2D eigenvalue weighted by molar-refractivity contribution is 0.710. The second kappa shape index (κ2) is 4.72. The van der Waals surface area contributed by atoms with Gasteiger partial charge in [0, 0.05) is 37.6 Å². The molecule has 3 heterocycles. The predicted molar refractivity (Wildman–Crippen MR) is 73.1 cm³/mol. The summed E-state index contributed by atoms with van der Waals surface area (Å²) in [7, 11) is 1.95. The average Bonchev–Trinajstić information content (AvgIpc) is 2.97. The van der Waals surface area contributed by atoms with E-state index in [9.17, 15) is 0 Å². The number of aryl methyl sites for hydroxylation is 2. The fourth-order valence-electron chi connectivity index (χ4n) is 2.06. The van der Waals surface area contributed by atoms with Crippen LogP contribution in [-0.2, 0) is 13.5 Å². The molecule has 0 unspecified atom stereocenters. The maximum absolute atomic E-state index is 4.43. The van der Waals surface area contributed by atoms with Gasteiger partial charge in [-0.25, -0.2) is 4.52 Å². The number of hydrogen-bond acceptors (Lipinski definition) is 4. The van der Waals surface area contributed by atoms with Gasteiger partial charge in [-0.15, -0.1) is 5.10 Å². The quantitative estimate of drug-likeness (QED) is 0.767. The standard InChI is InChI=1S/C13H16N6/c1-10-4-3-5-12-16-13(17-19(10)12)14-8-6-11-7-9-15-18(11)2/h3-5,7,9H,6,8H2,1-2H3,(H,14,17). The highest BCUT2D eigenvalue weighted by molar-refractivity contribution is 5.44. The Morgan fingerprint density at radius 2 is 2.16 bits per heavy atom. The number of fused-ring (bicyclic) bond motifs is 1. The van der Waals surface area contributed by atoms with E-state index in [-0.39, 0.29) is 0 Å². The van der Waals surface area contributed by atoms with Crippen LogP contribution in [0, 0.1) is 6.92 Å². The minimum atomic E-state index is 0.663. The van der Waals surface area contributed by atoms with Crippen molar-refractivity contribution in [1.29, 1.82) is 0 Å². The summed E-state index contributed by atoms with van der Waals surface area (Å²) in [6.45, 7) is 2.80. The van der Waals surface area contributed by atoms with Crippen LogP contribution in [0.4, 0.5) is 5.95 Å². The maximum atomic E-state index is 4.43. The minimum Gasteiger partial charge on any atom is -0.353 e. The van der Waals surface area contributed by atoms with Gasteiger partial charge < -0.3 is 5.32 Å². The van der Waals surface area contributed by atoms with Gasteiger partial charge in [0.25, 0.3) is 0 Å². The molecule has 6 nitrogen and oxygen atoms in total. The van der Waals surface area contributed by atoms with E-state index in [2.05, 4.69) is 20.5 Å². The predicted octanol–water partition coefficient (Wildman–Crippen LogP) is 1.43. The molecule has 3 aromatic rings. The van der Waals surface area contributed by atoms with E-state index in [1.165, 1.54) is 5.69 Å². The van der Waals surface area contributed by atoms with Gasteiger partial charge in [-0.3, -0.25) is 4.68 Å². The van der Waals surface area contributed by atoms with E-state index >= 15 is 0 Å². The van der Waals surface area contributed by atoms with Gasteiger partial charge in [-0.1, -0.05) is 6.07 Å². The number of hydrogen-bond donors (Lipinski definition) is 1. The Labute approximate surface area is 111 Å². The molecular weight excluding hydrogens is 240 g/mol. The Balaban J connectivity index is 1.69. The monoisotopic (exact) mass is 256 g/mol.